The Morgan fingerprint density at radius 2 is 2.40 bits per heavy atom. The number of hydrogen-bond acceptors (Lipinski definition) is 5. The van der Waals surface area contributed by atoms with Crippen LogP contribution < -0.4 is 10.5 Å². The van der Waals surface area contributed by atoms with Crippen LogP contribution in [0.25, 0.3) is 0 Å². The number of hydrogen-bond donors (Lipinski definition) is 2. The average Bonchev–Trinajstić information content (AvgIpc) is 3.31. The Kier molecular flexibility index (Phi) is 4.39. The molecule has 7 nitrogen and oxygen atoms in total. The highest BCUT2D eigenvalue weighted by atomic mass is 16.5. The van der Waals surface area contributed by atoms with E-state index >= 15 is 0 Å². The van der Waals surface area contributed by atoms with E-state index in [-0.39, 0.29) is 17.8 Å². The van der Waals surface area contributed by atoms with Crippen LogP contribution in [0.4, 0.5) is 0 Å². The van der Waals surface area contributed by atoms with Crippen molar-refractivity contribution in [2.75, 3.05) is 13.7 Å². The molecule has 1 fully saturated rings. The molecule has 0 aromatic carbocycles. The van der Waals surface area contributed by atoms with Crippen LogP contribution in [0.1, 0.15) is 29.6 Å². The van der Waals surface area contributed by atoms with E-state index in [9.17, 15) is 4.79 Å². The molecule has 1 aliphatic carbocycles. The van der Waals surface area contributed by atoms with Crippen molar-refractivity contribution in [1.82, 2.24) is 9.88 Å². The van der Waals surface area contributed by atoms with E-state index in [0.29, 0.717) is 24.3 Å². The summed E-state index contributed by atoms with van der Waals surface area (Å²) in [5.74, 6) is 0.453. The molecule has 1 saturated carbocycles. The first-order valence-corrected chi connectivity index (χ1v) is 6.42. The maximum atomic E-state index is 12.6. The van der Waals surface area contributed by atoms with E-state index in [2.05, 4.69) is 10.1 Å². The largest absolute Gasteiger partial charge is 0.494 e. The molecule has 1 aliphatic rings. The van der Waals surface area contributed by atoms with Crippen LogP contribution in [0.2, 0.25) is 0 Å². The Bertz CT molecular complexity index is 514. The third-order valence-electron chi connectivity index (χ3n) is 3.22. The molecule has 0 spiro atoms. The van der Waals surface area contributed by atoms with Gasteiger partial charge in [0.15, 0.2) is 0 Å². The third-order valence-corrected chi connectivity index (χ3v) is 3.22. The summed E-state index contributed by atoms with van der Waals surface area (Å²) in [6, 6.07) is 1.87. The molecule has 0 unspecified atom stereocenters. The molecule has 0 radical (unpaired) electrons. The van der Waals surface area contributed by atoms with Gasteiger partial charge in [-0.05, 0) is 18.9 Å². The molecule has 20 heavy (non-hydrogen) atoms. The maximum absolute atomic E-state index is 12.6. The molecule has 0 aliphatic heterocycles. The van der Waals surface area contributed by atoms with Crippen LogP contribution in [0, 0.1) is 0 Å². The molecule has 0 bridgehead atoms. The Morgan fingerprint density at radius 3 is 3.00 bits per heavy atom. The number of carbonyl (C=O) groups is 1. The Hall–Kier alpha value is -2.31. The number of ether oxygens (including phenoxy) is 1. The highest BCUT2D eigenvalue weighted by Crippen LogP contribution is 2.30. The molecule has 1 aromatic rings. The number of amides is 1. The van der Waals surface area contributed by atoms with E-state index < -0.39 is 0 Å². The van der Waals surface area contributed by atoms with Gasteiger partial charge < -0.3 is 20.6 Å². The Labute approximate surface area is 117 Å². The van der Waals surface area contributed by atoms with Crippen molar-refractivity contribution in [2.24, 2.45) is 10.9 Å². The fourth-order valence-electron chi connectivity index (χ4n) is 2.00. The number of nitrogens with two attached hydrogens (primary N) is 1. The first-order valence-electron chi connectivity index (χ1n) is 6.42. The summed E-state index contributed by atoms with van der Waals surface area (Å²) in [6.07, 6.45) is 5.38. The second-order valence-electron chi connectivity index (χ2n) is 4.65. The highest BCUT2D eigenvalue weighted by Gasteiger charge is 2.33. The van der Waals surface area contributed by atoms with Gasteiger partial charge in [0.25, 0.3) is 5.91 Å². The van der Waals surface area contributed by atoms with Gasteiger partial charge in [0.05, 0.1) is 18.9 Å². The molecular formula is C13H18N4O3. The van der Waals surface area contributed by atoms with Gasteiger partial charge in [0.2, 0.25) is 0 Å². The van der Waals surface area contributed by atoms with Crippen LogP contribution in [-0.4, -0.2) is 46.5 Å². The lowest BCUT2D eigenvalue weighted by Gasteiger charge is -2.23. The summed E-state index contributed by atoms with van der Waals surface area (Å²) >= 11 is 0. The topological polar surface area (TPSA) is 101 Å². The van der Waals surface area contributed by atoms with E-state index in [4.69, 9.17) is 15.7 Å². The summed E-state index contributed by atoms with van der Waals surface area (Å²) < 4.78 is 5.17. The second-order valence-corrected chi connectivity index (χ2v) is 4.65. The number of aromatic nitrogens is 1. The molecule has 108 valence electrons. The maximum Gasteiger partial charge on any atom is 0.257 e. The summed E-state index contributed by atoms with van der Waals surface area (Å²) in [5, 5.41) is 11.5. The lowest BCUT2D eigenvalue weighted by Crippen LogP contribution is -2.36. The monoisotopic (exact) mass is 278 g/mol. The standard InChI is InChI=1S/C13H18N4O3/c1-20-11-8-15-6-4-10(11)13(18)17(9-2-3-9)7-5-12(14)16-19/h4,6,8-9,19H,2-3,5,7H2,1H3,(H2,14,16). The second kappa shape index (κ2) is 6.23. The Morgan fingerprint density at radius 1 is 1.65 bits per heavy atom. The van der Waals surface area contributed by atoms with Gasteiger partial charge in [-0.15, -0.1) is 0 Å². The molecule has 1 aromatic heterocycles. The van der Waals surface area contributed by atoms with Crippen LogP contribution in [0.5, 0.6) is 5.75 Å². The zero-order valence-electron chi connectivity index (χ0n) is 11.3. The lowest BCUT2D eigenvalue weighted by atomic mass is 10.2. The summed E-state index contributed by atoms with van der Waals surface area (Å²) in [7, 11) is 1.51. The number of carbonyl (C=O) groups excluding carboxylic acids is 1. The number of oxime groups is 1. The molecule has 0 atom stereocenters. The van der Waals surface area contributed by atoms with E-state index in [1.165, 1.54) is 13.3 Å². The number of amidine groups is 1. The Balaban J connectivity index is 2.14. The molecule has 7 heteroatoms. The van der Waals surface area contributed by atoms with Crippen molar-refractivity contribution in [3.8, 4) is 5.75 Å². The number of pyridine rings is 1. The molecule has 1 amide bonds. The van der Waals surface area contributed by atoms with Crippen molar-refractivity contribution in [2.45, 2.75) is 25.3 Å². The minimum absolute atomic E-state index is 0.113. The minimum Gasteiger partial charge on any atom is -0.494 e. The summed E-state index contributed by atoms with van der Waals surface area (Å²) in [6.45, 7) is 0.421. The quantitative estimate of drug-likeness (QED) is 0.347. The first-order chi connectivity index (χ1) is 9.67. The van der Waals surface area contributed by atoms with Crippen molar-refractivity contribution < 1.29 is 14.7 Å². The number of methoxy groups -OCH3 is 1. The van der Waals surface area contributed by atoms with Crippen molar-refractivity contribution >= 4 is 11.7 Å². The van der Waals surface area contributed by atoms with Gasteiger partial charge in [-0.2, -0.15) is 0 Å². The van der Waals surface area contributed by atoms with Gasteiger partial charge in [-0.1, -0.05) is 5.16 Å². The normalized spacial score (nSPS) is 14.9. The van der Waals surface area contributed by atoms with Crippen molar-refractivity contribution in [1.29, 1.82) is 0 Å². The van der Waals surface area contributed by atoms with E-state index in [1.54, 1.807) is 17.2 Å². The molecule has 0 saturated heterocycles. The van der Waals surface area contributed by atoms with Crippen molar-refractivity contribution in [3.63, 3.8) is 0 Å². The third kappa shape index (κ3) is 3.17. The molecular weight excluding hydrogens is 260 g/mol. The predicted octanol–water partition coefficient (Wildman–Crippen LogP) is 0.831. The van der Waals surface area contributed by atoms with Crippen molar-refractivity contribution in [3.05, 3.63) is 24.0 Å². The zero-order valence-corrected chi connectivity index (χ0v) is 11.3. The van der Waals surface area contributed by atoms with Crippen LogP contribution in [0.15, 0.2) is 23.6 Å². The van der Waals surface area contributed by atoms with E-state index in [0.717, 1.165) is 12.8 Å². The van der Waals surface area contributed by atoms with Crippen LogP contribution in [0.3, 0.4) is 0 Å². The fourth-order valence-corrected chi connectivity index (χ4v) is 2.00. The molecule has 2 rings (SSSR count). The number of nitrogens with zero attached hydrogens (tertiary/aromatic N) is 3. The summed E-state index contributed by atoms with van der Waals surface area (Å²) in [4.78, 5) is 18.3. The van der Waals surface area contributed by atoms with Gasteiger partial charge in [0.1, 0.15) is 11.6 Å². The highest BCUT2D eigenvalue weighted by molar-refractivity contribution is 5.97. The first kappa shape index (κ1) is 14.1. The zero-order chi connectivity index (χ0) is 14.5. The van der Waals surface area contributed by atoms with Gasteiger partial charge in [-0.25, -0.2) is 0 Å². The van der Waals surface area contributed by atoms with Gasteiger partial charge in [-0.3, -0.25) is 9.78 Å². The lowest BCUT2D eigenvalue weighted by molar-refractivity contribution is 0.0744. The minimum atomic E-state index is -0.113. The summed E-state index contributed by atoms with van der Waals surface area (Å²) in [5.41, 5.74) is 5.94. The van der Waals surface area contributed by atoms with Gasteiger partial charge >= 0.3 is 0 Å². The van der Waals surface area contributed by atoms with E-state index in [1.807, 2.05) is 0 Å². The smallest absolute Gasteiger partial charge is 0.257 e. The molecule has 1 heterocycles. The average molecular weight is 278 g/mol. The van der Waals surface area contributed by atoms with Crippen LogP contribution in [-0.2, 0) is 0 Å². The SMILES string of the molecule is COc1cnccc1C(=O)N(CC/C(N)=N/O)C1CC1. The fraction of sp³-hybridized carbons (Fsp3) is 0.462. The van der Waals surface area contributed by atoms with Crippen LogP contribution >= 0.6 is 0 Å². The van der Waals surface area contributed by atoms with Gasteiger partial charge in [0, 0.05) is 25.2 Å². The number of rotatable bonds is 6. The predicted molar refractivity (Wildman–Crippen MR) is 72.9 cm³/mol. The molecule has 3 N–H and O–H groups in total.